The summed E-state index contributed by atoms with van der Waals surface area (Å²) < 4.78 is 1.63. The molecule has 2 N–H and O–H groups in total. The van der Waals surface area contributed by atoms with Gasteiger partial charge >= 0.3 is 0 Å². The number of aromatic nitrogens is 3. The summed E-state index contributed by atoms with van der Waals surface area (Å²) in [5, 5.41) is 4.70. The first-order chi connectivity index (χ1) is 6.75. The molecule has 0 aliphatic heterocycles. The molecule has 0 aliphatic rings. The van der Waals surface area contributed by atoms with E-state index in [1.807, 2.05) is 24.3 Å². The Kier molecular flexibility index (Phi) is 2.37. The minimum Gasteiger partial charge on any atom is -0.368 e. The standard InChI is InChI=1S/C9H9ClN4/c10-8-3-1-7(2-4-8)5-14-9(11)12-6-13-14/h1-4,6H,5H2,(H2,11,12,13). The monoisotopic (exact) mass is 208 g/mol. The predicted octanol–water partition coefficient (Wildman–Crippen LogP) is 1.56. The number of nitrogen functional groups attached to an aromatic ring is 1. The third-order valence-corrected chi connectivity index (χ3v) is 2.14. The molecule has 72 valence electrons. The van der Waals surface area contributed by atoms with Crippen molar-refractivity contribution in [2.24, 2.45) is 0 Å². The highest BCUT2D eigenvalue weighted by Gasteiger charge is 2.00. The van der Waals surface area contributed by atoms with Crippen LogP contribution in [-0.4, -0.2) is 14.8 Å². The number of anilines is 1. The maximum atomic E-state index is 5.77. The fraction of sp³-hybridized carbons (Fsp3) is 0.111. The molecule has 1 aromatic carbocycles. The van der Waals surface area contributed by atoms with Crippen molar-refractivity contribution in [2.45, 2.75) is 6.54 Å². The van der Waals surface area contributed by atoms with Crippen molar-refractivity contribution in [3.05, 3.63) is 41.2 Å². The van der Waals surface area contributed by atoms with Crippen molar-refractivity contribution < 1.29 is 0 Å². The smallest absolute Gasteiger partial charge is 0.218 e. The second kappa shape index (κ2) is 3.67. The van der Waals surface area contributed by atoms with Crippen LogP contribution in [0.25, 0.3) is 0 Å². The summed E-state index contributed by atoms with van der Waals surface area (Å²) in [7, 11) is 0. The zero-order valence-electron chi connectivity index (χ0n) is 7.39. The van der Waals surface area contributed by atoms with Gasteiger partial charge in [-0.1, -0.05) is 23.7 Å². The summed E-state index contributed by atoms with van der Waals surface area (Å²) in [6.07, 6.45) is 1.44. The van der Waals surface area contributed by atoms with Gasteiger partial charge in [-0.3, -0.25) is 0 Å². The zero-order chi connectivity index (χ0) is 9.97. The lowest BCUT2D eigenvalue weighted by Gasteiger charge is -2.02. The van der Waals surface area contributed by atoms with Crippen LogP contribution in [0.15, 0.2) is 30.6 Å². The third-order valence-electron chi connectivity index (χ3n) is 1.89. The van der Waals surface area contributed by atoms with Gasteiger partial charge in [0, 0.05) is 5.02 Å². The van der Waals surface area contributed by atoms with Gasteiger partial charge in [0.25, 0.3) is 0 Å². The van der Waals surface area contributed by atoms with Crippen molar-refractivity contribution in [2.75, 3.05) is 5.73 Å². The van der Waals surface area contributed by atoms with Crippen LogP contribution in [0, 0.1) is 0 Å². The molecule has 0 amide bonds. The van der Waals surface area contributed by atoms with Crippen LogP contribution in [-0.2, 0) is 6.54 Å². The van der Waals surface area contributed by atoms with Gasteiger partial charge in [0.15, 0.2) is 0 Å². The Balaban J connectivity index is 2.19. The Labute approximate surface area is 86.3 Å². The molecule has 0 radical (unpaired) electrons. The average molecular weight is 209 g/mol. The van der Waals surface area contributed by atoms with Crippen LogP contribution >= 0.6 is 11.6 Å². The lowest BCUT2D eigenvalue weighted by atomic mass is 10.2. The van der Waals surface area contributed by atoms with Gasteiger partial charge < -0.3 is 5.73 Å². The quantitative estimate of drug-likeness (QED) is 0.815. The minimum atomic E-state index is 0.417. The first kappa shape index (κ1) is 9.02. The molecule has 0 spiro atoms. The van der Waals surface area contributed by atoms with Crippen LogP contribution in [0.5, 0.6) is 0 Å². The van der Waals surface area contributed by atoms with E-state index < -0.39 is 0 Å². The first-order valence-corrected chi connectivity index (χ1v) is 4.51. The molecular weight excluding hydrogens is 200 g/mol. The summed E-state index contributed by atoms with van der Waals surface area (Å²) in [5.74, 6) is 0.417. The highest BCUT2D eigenvalue weighted by molar-refractivity contribution is 6.30. The molecule has 1 heterocycles. The van der Waals surface area contributed by atoms with Crippen LogP contribution < -0.4 is 5.73 Å². The highest BCUT2D eigenvalue weighted by atomic mass is 35.5. The zero-order valence-corrected chi connectivity index (χ0v) is 8.15. The topological polar surface area (TPSA) is 56.7 Å². The second-order valence-corrected chi connectivity index (χ2v) is 3.34. The summed E-state index contributed by atoms with van der Waals surface area (Å²) in [6, 6.07) is 7.54. The van der Waals surface area contributed by atoms with Gasteiger partial charge in [-0.05, 0) is 17.7 Å². The van der Waals surface area contributed by atoms with E-state index in [0.717, 1.165) is 10.6 Å². The first-order valence-electron chi connectivity index (χ1n) is 4.13. The average Bonchev–Trinajstić information content (AvgIpc) is 2.56. The van der Waals surface area contributed by atoms with E-state index in [-0.39, 0.29) is 0 Å². The lowest BCUT2D eigenvalue weighted by molar-refractivity contribution is 0.696. The fourth-order valence-corrected chi connectivity index (χ4v) is 1.28. The van der Waals surface area contributed by atoms with E-state index in [1.165, 1.54) is 6.33 Å². The second-order valence-electron chi connectivity index (χ2n) is 2.90. The molecule has 0 saturated carbocycles. The van der Waals surface area contributed by atoms with Crippen LogP contribution in [0.1, 0.15) is 5.56 Å². The van der Waals surface area contributed by atoms with Gasteiger partial charge in [-0.15, -0.1) is 0 Å². The Morgan fingerprint density at radius 3 is 2.57 bits per heavy atom. The molecule has 2 rings (SSSR count). The van der Waals surface area contributed by atoms with Gasteiger partial charge in [0.05, 0.1) is 6.54 Å². The molecule has 0 aliphatic carbocycles. The number of benzene rings is 1. The summed E-state index contributed by atoms with van der Waals surface area (Å²) in [5.41, 5.74) is 6.67. The third kappa shape index (κ3) is 1.85. The number of nitrogens with two attached hydrogens (primary N) is 1. The van der Waals surface area contributed by atoms with Crippen molar-refractivity contribution >= 4 is 17.5 Å². The van der Waals surface area contributed by atoms with E-state index >= 15 is 0 Å². The van der Waals surface area contributed by atoms with Crippen LogP contribution in [0.3, 0.4) is 0 Å². The Morgan fingerprint density at radius 2 is 2.00 bits per heavy atom. The molecule has 1 aromatic heterocycles. The van der Waals surface area contributed by atoms with Gasteiger partial charge in [0.1, 0.15) is 6.33 Å². The maximum Gasteiger partial charge on any atom is 0.218 e. The Bertz CT molecular complexity index is 421. The normalized spacial score (nSPS) is 10.4. The number of hydrogen-bond donors (Lipinski definition) is 1. The number of hydrogen-bond acceptors (Lipinski definition) is 3. The lowest BCUT2D eigenvalue weighted by Crippen LogP contribution is -2.05. The van der Waals surface area contributed by atoms with Crippen LogP contribution in [0.2, 0.25) is 5.02 Å². The number of nitrogens with zero attached hydrogens (tertiary/aromatic N) is 3. The van der Waals surface area contributed by atoms with E-state index in [9.17, 15) is 0 Å². The van der Waals surface area contributed by atoms with Gasteiger partial charge in [-0.25, -0.2) is 9.67 Å². The molecule has 4 nitrogen and oxygen atoms in total. The van der Waals surface area contributed by atoms with Crippen molar-refractivity contribution in [3.63, 3.8) is 0 Å². The molecule has 0 unspecified atom stereocenters. The predicted molar refractivity (Wildman–Crippen MR) is 55.0 cm³/mol. The molecular formula is C9H9ClN4. The Morgan fingerprint density at radius 1 is 1.29 bits per heavy atom. The van der Waals surface area contributed by atoms with E-state index in [4.69, 9.17) is 17.3 Å². The summed E-state index contributed by atoms with van der Waals surface area (Å²) >= 11 is 5.77. The van der Waals surface area contributed by atoms with Crippen molar-refractivity contribution in [1.29, 1.82) is 0 Å². The number of rotatable bonds is 2. The van der Waals surface area contributed by atoms with Gasteiger partial charge in [0.2, 0.25) is 5.95 Å². The molecule has 2 aromatic rings. The maximum absolute atomic E-state index is 5.77. The molecule has 0 atom stereocenters. The van der Waals surface area contributed by atoms with Crippen molar-refractivity contribution in [1.82, 2.24) is 14.8 Å². The SMILES string of the molecule is Nc1ncnn1Cc1ccc(Cl)cc1. The summed E-state index contributed by atoms with van der Waals surface area (Å²) in [6.45, 7) is 0.614. The molecule has 0 saturated heterocycles. The molecule has 5 heteroatoms. The molecule has 0 bridgehead atoms. The van der Waals surface area contributed by atoms with E-state index in [0.29, 0.717) is 12.5 Å². The Hall–Kier alpha value is -1.55. The van der Waals surface area contributed by atoms with E-state index in [2.05, 4.69) is 10.1 Å². The van der Waals surface area contributed by atoms with Gasteiger partial charge in [-0.2, -0.15) is 5.10 Å². The van der Waals surface area contributed by atoms with Crippen LogP contribution in [0.4, 0.5) is 5.95 Å². The van der Waals surface area contributed by atoms with E-state index in [1.54, 1.807) is 4.68 Å². The number of halogens is 1. The van der Waals surface area contributed by atoms with Crippen molar-refractivity contribution in [3.8, 4) is 0 Å². The molecule has 0 fully saturated rings. The minimum absolute atomic E-state index is 0.417. The summed E-state index contributed by atoms with van der Waals surface area (Å²) in [4.78, 5) is 3.83. The molecule has 14 heavy (non-hydrogen) atoms. The fourth-order valence-electron chi connectivity index (χ4n) is 1.16. The largest absolute Gasteiger partial charge is 0.368 e. The highest BCUT2D eigenvalue weighted by Crippen LogP contribution is 2.11.